The number of amides is 1. The number of nitrogens with zero attached hydrogens (tertiary/aromatic N) is 6. The zero-order chi connectivity index (χ0) is 24.9. The normalized spacial score (nSPS) is 15.6. The van der Waals surface area contributed by atoms with Gasteiger partial charge in [-0.25, -0.2) is 0 Å². The lowest BCUT2D eigenvalue weighted by Crippen LogP contribution is -2.46. The highest BCUT2D eigenvalue weighted by molar-refractivity contribution is 5.89. The third-order valence-corrected chi connectivity index (χ3v) is 6.19. The SMILES string of the molecule is CC(C)C[C@H]1Cn2nc(-c3cccc(C#N)c3)c(-c3ccncc3)c2CN1C(=O)/C=C/CN(C)C. The summed E-state index contributed by atoms with van der Waals surface area (Å²) in [7, 11) is 3.97. The van der Waals surface area contributed by atoms with Crippen molar-refractivity contribution in [2.24, 2.45) is 5.92 Å². The molecule has 0 radical (unpaired) electrons. The fourth-order valence-corrected chi connectivity index (χ4v) is 4.62. The van der Waals surface area contributed by atoms with Gasteiger partial charge in [0.25, 0.3) is 0 Å². The van der Waals surface area contributed by atoms with Gasteiger partial charge in [0.2, 0.25) is 5.91 Å². The molecule has 7 heteroatoms. The smallest absolute Gasteiger partial charge is 0.246 e. The summed E-state index contributed by atoms with van der Waals surface area (Å²) < 4.78 is 2.06. The number of aromatic nitrogens is 3. The van der Waals surface area contributed by atoms with Crippen molar-refractivity contribution in [3.63, 3.8) is 0 Å². The van der Waals surface area contributed by atoms with E-state index in [1.165, 1.54) is 0 Å². The Labute approximate surface area is 207 Å². The molecule has 3 heterocycles. The van der Waals surface area contributed by atoms with Crippen LogP contribution < -0.4 is 0 Å². The van der Waals surface area contributed by atoms with Crippen LogP contribution in [0.25, 0.3) is 22.4 Å². The summed E-state index contributed by atoms with van der Waals surface area (Å²) >= 11 is 0. The molecule has 1 aliphatic rings. The topological polar surface area (TPSA) is 78.0 Å². The molecule has 0 saturated carbocycles. The first-order chi connectivity index (χ1) is 16.9. The van der Waals surface area contributed by atoms with Crippen molar-refractivity contribution in [2.75, 3.05) is 20.6 Å². The molecule has 0 aliphatic carbocycles. The Hall–Kier alpha value is -3.76. The molecule has 2 aromatic heterocycles. The van der Waals surface area contributed by atoms with E-state index in [1.807, 2.05) is 60.3 Å². The molecule has 35 heavy (non-hydrogen) atoms. The molecule has 0 saturated heterocycles. The first-order valence-electron chi connectivity index (χ1n) is 12.0. The first kappa shape index (κ1) is 24.4. The van der Waals surface area contributed by atoms with Gasteiger partial charge < -0.3 is 9.80 Å². The summed E-state index contributed by atoms with van der Waals surface area (Å²) in [6.45, 7) is 6.20. The van der Waals surface area contributed by atoms with Crippen LogP contribution in [0.5, 0.6) is 0 Å². The summed E-state index contributed by atoms with van der Waals surface area (Å²) in [4.78, 5) is 21.5. The van der Waals surface area contributed by atoms with Gasteiger partial charge in [0.15, 0.2) is 0 Å². The maximum atomic E-state index is 13.3. The number of pyridine rings is 1. The van der Waals surface area contributed by atoms with Gasteiger partial charge in [0.05, 0.1) is 36.5 Å². The molecule has 180 valence electrons. The van der Waals surface area contributed by atoms with E-state index in [4.69, 9.17) is 5.10 Å². The predicted molar refractivity (Wildman–Crippen MR) is 137 cm³/mol. The van der Waals surface area contributed by atoms with Crippen molar-refractivity contribution in [2.45, 2.75) is 39.4 Å². The Bertz CT molecular complexity index is 1250. The van der Waals surface area contributed by atoms with E-state index in [-0.39, 0.29) is 11.9 Å². The highest BCUT2D eigenvalue weighted by atomic mass is 16.2. The summed E-state index contributed by atoms with van der Waals surface area (Å²) in [5.41, 5.74) is 5.29. The van der Waals surface area contributed by atoms with Crippen LogP contribution >= 0.6 is 0 Å². The molecule has 0 unspecified atom stereocenters. The van der Waals surface area contributed by atoms with Gasteiger partial charge in [-0.3, -0.25) is 14.5 Å². The average Bonchev–Trinajstić information content (AvgIpc) is 3.22. The average molecular weight is 469 g/mol. The Balaban J connectivity index is 1.81. The van der Waals surface area contributed by atoms with Gasteiger partial charge in [0, 0.05) is 36.1 Å². The molecule has 0 N–H and O–H groups in total. The monoisotopic (exact) mass is 468 g/mol. The van der Waals surface area contributed by atoms with Gasteiger partial charge in [0.1, 0.15) is 5.69 Å². The number of carbonyl (C=O) groups excluding carboxylic acids is 1. The van der Waals surface area contributed by atoms with Crippen LogP contribution in [0.4, 0.5) is 0 Å². The molecule has 7 nitrogen and oxygen atoms in total. The highest BCUT2D eigenvalue weighted by Crippen LogP contribution is 2.38. The van der Waals surface area contributed by atoms with Gasteiger partial charge in [-0.2, -0.15) is 10.4 Å². The Kier molecular flexibility index (Phi) is 7.42. The fraction of sp³-hybridized carbons (Fsp3) is 0.357. The van der Waals surface area contributed by atoms with Crippen molar-refractivity contribution in [3.05, 3.63) is 72.2 Å². The minimum absolute atomic E-state index is 0.0265. The molecule has 1 aliphatic heterocycles. The van der Waals surface area contributed by atoms with E-state index in [9.17, 15) is 10.1 Å². The number of hydrogen-bond acceptors (Lipinski definition) is 5. The van der Waals surface area contributed by atoms with Gasteiger partial charge >= 0.3 is 0 Å². The number of rotatable bonds is 7. The maximum absolute atomic E-state index is 13.3. The number of hydrogen-bond donors (Lipinski definition) is 0. The van der Waals surface area contributed by atoms with Crippen LogP contribution in [0.1, 0.15) is 31.5 Å². The number of benzene rings is 1. The summed E-state index contributed by atoms with van der Waals surface area (Å²) in [6, 6.07) is 13.8. The number of likely N-dealkylation sites (N-methyl/N-ethyl adjacent to an activating group) is 1. The zero-order valence-electron chi connectivity index (χ0n) is 20.8. The molecule has 0 fully saturated rings. The summed E-state index contributed by atoms with van der Waals surface area (Å²) in [6.07, 6.45) is 8.06. The third kappa shape index (κ3) is 5.50. The van der Waals surface area contributed by atoms with Crippen molar-refractivity contribution in [1.82, 2.24) is 24.6 Å². The maximum Gasteiger partial charge on any atom is 0.246 e. The zero-order valence-corrected chi connectivity index (χ0v) is 20.8. The minimum Gasteiger partial charge on any atom is -0.328 e. The van der Waals surface area contributed by atoms with Gasteiger partial charge in [-0.15, -0.1) is 0 Å². The quantitative estimate of drug-likeness (QED) is 0.482. The molecule has 1 amide bonds. The molecule has 0 spiro atoms. The van der Waals surface area contributed by atoms with Crippen molar-refractivity contribution < 1.29 is 4.79 Å². The fourth-order valence-electron chi connectivity index (χ4n) is 4.62. The largest absolute Gasteiger partial charge is 0.328 e. The minimum atomic E-state index is 0.0265. The van der Waals surface area contributed by atoms with Crippen LogP contribution in [-0.4, -0.2) is 57.2 Å². The Morgan fingerprint density at radius 2 is 2.00 bits per heavy atom. The van der Waals surface area contributed by atoms with Crippen molar-refractivity contribution in [3.8, 4) is 28.5 Å². The lowest BCUT2D eigenvalue weighted by atomic mass is 9.96. The van der Waals surface area contributed by atoms with Crippen molar-refractivity contribution >= 4 is 5.91 Å². The Morgan fingerprint density at radius 3 is 2.69 bits per heavy atom. The first-order valence-corrected chi connectivity index (χ1v) is 12.0. The van der Waals surface area contributed by atoms with Crippen LogP contribution in [0.3, 0.4) is 0 Å². The number of nitriles is 1. The number of fused-ring (bicyclic) bond motifs is 1. The number of carbonyl (C=O) groups is 1. The lowest BCUT2D eigenvalue weighted by Gasteiger charge is -2.37. The van der Waals surface area contributed by atoms with Crippen LogP contribution in [0.2, 0.25) is 0 Å². The Morgan fingerprint density at radius 1 is 1.23 bits per heavy atom. The summed E-state index contributed by atoms with van der Waals surface area (Å²) in [5, 5.41) is 14.5. The van der Waals surface area contributed by atoms with E-state index in [1.54, 1.807) is 24.5 Å². The molecule has 0 bridgehead atoms. The molecule has 4 rings (SSSR count). The van der Waals surface area contributed by atoms with E-state index in [0.717, 1.165) is 34.5 Å². The second-order valence-corrected chi connectivity index (χ2v) is 9.70. The standard InChI is InChI=1S/C28H32N6O/c1-20(2)15-24-18-34-25(19-33(24)26(35)9-6-14-32(3)4)27(22-10-12-30-13-11-22)28(31-34)23-8-5-7-21(16-23)17-29/h5-13,16,20,24H,14-15,18-19H2,1-4H3/b9-6+/t24-/m0/s1. The highest BCUT2D eigenvalue weighted by Gasteiger charge is 2.33. The predicted octanol–water partition coefficient (Wildman–Crippen LogP) is 4.36. The van der Waals surface area contributed by atoms with Crippen LogP contribution in [0, 0.1) is 17.2 Å². The van der Waals surface area contributed by atoms with E-state index in [0.29, 0.717) is 31.1 Å². The molecule has 3 aromatic rings. The molecular weight excluding hydrogens is 436 g/mol. The second-order valence-electron chi connectivity index (χ2n) is 9.70. The van der Waals surface area contributed by atoms with Crippen LogP contribution in [0.15, 0.2) is 60.9 Å². The van der Waals surface area contributed by atoms with Crippen molar-refractivity contribution in [1.29, 1.82) is 5.26 Å². The second kappa shape index (κ2) is 10.7. The molecular formula is C28H32N6O. The van der Waals surface area contributed by atoms with E-state index < -0.39 is 0 Å². The lowest BCUT2D eigenvalue weighted by molar-refractivity contribution is -0.130. The van der Waals surface area contributed by atoms with E-state index in [2.05, 4.69) is 29.6 Å². The van der Waals surface area contributed by atoms with Gasteiger partial charge in [-0.1, -0.05) is 32.1 Å². The summed E-state index contributed by atoms with van der Waals surface area (Å²) in [5.74, 6) is 0.475. The van der Waals surface area contributed by atoms with Gasteiger partial charge in [-0.05, 0) is 56.3 Å². The third-order valence-electron chi connectivity index (χ3n) is 6.19. The molecule has 1 aromatic carbocycles. The molecule has 1 atom stereocenters. The van der Waals surface area contributed by atoms with Crippen LogP contribution in [-0.2, 0) is 17.9 Å². The van der Waals surface area contributed by atoms with E-state index >= 15 is 0 Å².